The monoisotopic (exact) mass is 390 g/mol. The smallest absolute Gasteiger partial charge is 0.407 e. The van der Waals surface area contributed by atoms with E-state index in [1.165, 1.54) is 15.8 Å². The fourth-order valence-electron chi connectivity index (χ4n) is 2.51. The summed E-state index contributed by atoms with van der Waals surface area (Å²) in [6.45, 7) is 5.71. The molecule has 2 N–H and O–H groups in total. The van der Waals surface area contributed by atoms with E-state index < -0.39 is 27.7 Å². The highest BCUT2D eigenvalue weighted by Gasteiger charge is 2.33. The van der Waals surface area contributed by atoms with Gasteiger partial charge in [0.25, 0.3) is 0 Å². The molecule has 1 saturated heterocycles. The van der Waals surface area contributed by atoms with E-state index in [9.17, 15) is 18.0 Å². The number of aromatic carboxylic acids is 1. The van der Waals surface area contributed by atoms with Crippen molar-refractivity contribution < 1.29 is 27.9 Å². The molecule has 0 aromatic carbocycles. The van der Waals surface area contributed by atoms with Gasteiger partial charge in [0.15, 0.2) is 0 Å². The van der Waals surface area contributed by atoms with E-state index >= 15 is 0 Å². The van der Waals surface area contributed by atoms with Crippen LogP contribution in [0.5, 0.6) is 0 Å². The van der Waals surface area contributed by atoms with Crippen molar-refractivity contribution in [3.63, 3.8) is 0 Å². The summed E-state index contributed by atoms with van der Waals surface area (Å²) < 4.78 is 31.7. The molecule has 140 valence electrons. The maximum Gasteiger partial charge on any atom is 0.407 e. The van der Waals surface area contributed by atoms with Crippen LogP contribution in [0.1, 0.15) is 43.3 Å². The Hall–Kier alpha value is -1.65. The molecular formula is C15H22N2O6S2. The molecule has 0 bridgehead atoms. The van der Waals surface area contributed by atoms with Crippen LogP contribution in [0.15, 0.2) is 16.3 Å². The number of hydrogen-bond donors (Lipinski definition) is 2. The van der Waals surface area contributed by atoms with Crippen LogP contribution in [0.4, 0.5) is 4.79 Å². The van der Waals surface area contributed by atoms with E-state index in [2.05, 4.69) is 5.32 Å². The molecule has 0 unspecified atom stereocenters. The summed E-state index contributed by atoms with van der Waals surface area (Å²) in [6, 6.07) is 1.14. The number of rotatable bonds is 4. The predicted octanol–water partition coefficient (Wildman–Crippen LogP) is 2.12. The lowest BCUT2D eigenvalue weighted by molar-refractivity contribution is 0.0489. The Morgan fingerprint density at radius 1 is 1.32 bits per heavy atom. The van der Waals surface area contributed by atoms with Crippen molar-refractivity contribution in [1.82, 2.24) is 9.62 Å². The molecule has 2 rings (SSSR count). The first-order valence-corrected chi connectivity index (χ1v) is 10.1. The zero-order valence-corrected chi connectivity index (χ0v) is 15.9. The van der Waals surface area contributed by atoms with Gasteiger partial charge in [-0.2, -0.15) is 4.31 Å². The summed E-state index contributed by atoms with van der Waals surface area (Å²) in [5.41, 5.74) is -0.597. The quantitative estimate of drug-likeness (QED) is 0.814. The highest BCUT2D eigenvalue weighted by molar-refractivity contribution is 7.89. The lowest BCUT2D eigenvalue weighted by atomic mass is 10.1. The number of hydrogen-bond acceptors (Lipinski definition) is 6. The molecule has 0 spiro atoms. The van der Waals surface area contributed by atoms with Gasteiger partial charge in [0.2, 0.25) is 10.0 Å². The van der Waals surface area contributed by atoms with Gasteiger partial charge in [-0.3, -0.25) is 0 Å². The molecule has 1 aliphatic rings. The summed E-state index contributed by atoms with van der Waals surface area (Å²) in [7, 11) is -3.86. The number of nitrogens with one attached hydrogen (secondary N) is 1. The van der Waals surface area contributed by atoms with Crippen LogP contribution in [0.25, 0.3) is 0 Å². The molecule has 1 aromatic heterocycles. The molecule has 1 aromatic rings. The molecule has 1 amide bonds. The SMILES string of the molecule is CC(C)(C)OC(=O)NC1CCN(S(=O)(=O)c2ccsc2C(=O)O)CC1. The van der Waals surface area contributed by atoms with Gasteiger partial charge < -0.3 is 15.2 Å². The average molecular weight is 390 g/mol. The predicted molar refractivity (Wildman–Crippen MR) is 92.4 cm³/mol. The second kappa shape index (κ2) is 7.30. The van der Waals surface area contributed by atoms with E-state index in [0.717, 1.165) is 11.3 Å². The van der Waals surface area contributed by atoms with E-state index in [4.69, 9.17) is 9.84 Å². The van der Waals surface area contributed by atoms with E-state index in [1.54, 1.807) is 20.8 Å². The van der Waals surface area contributed by atoms with Crippen molar-refractivity contribution in [2.45, 2.75) is 50.2 Å². The summed E-state index contributed by atoms with van der Waals surface area (Å²) in [5, 5.41) is 13.3. The molecule has 2 heterocycles. The van der Waals surface area contributed by atoms with Gasteiger partial charge in [-0.1, -0.05) is 0 Å². The minimum atomic E-state index is -3.86. The fourth-order valence-corrected chi connectivity index (χ4v) is 5.21. The molecule has 0 aliphatic carbocycles. The number of alkyl carbamates (subject to hydrolysis) is 1. The highest BCUT2D eigenvalue weighted by Crippen LogP contribution is 2.27. The van der Waals surface area contributed by atoms with Crippen LogP contribution >= 0.6 is 11.3 Å². The zero-order chi connectivity index (χ0) is 18.8. The zero-order valence-electron chi connectivity index (χ0n) is 14.3. The third kappa shape index (κ3) is 4.93. The van der Waals surface area contributed by atoms with Gasteiger partial charge in [-0.25, -0.2) is 18.0 Å². The van der Waals surface area contributed by atoms with Crippen molar-refractivity contribution in [3.05, 3.63) is 16.3 Å². The summed E-state index contributed by atoms with van der Waals surface area (Å²) in [5.74, 6) is -1.25. The first-order chi connectivity index (χ1) is 11.5. The van der Waals surface area contributed by atoms with Gasteiger partial charge in [0, 0.05) is 19.1 Å². The minimum absolute atomic E-state index is 0.177. The minimum Gasteiger partial charge on any atom is -0.477 e. The molecular weight excluding hydrogens is 368 g/mol. The molecule has 1 fully saturated rings. The van der Waals surface area contributed by atoms with Crippen LogP contribution in [0.3, 0.4) is 0 Å². The summed E-state index contributed by atoms with van der Waals surface area (Å²) in [4.78, 5) is 22.6. The number of sulfonamides is 1. The van der Waals surface area contributed by atoms with Crippen molar-refractivity contribution in [2.75, 3.05) is 13.1 Å². The lowest BCUT2D eigenvalue weighted by Gasteiger charge is -2.32. The van der Waals surface area contributed by atoms with Crippen LogP contribution in [-0.2, 0) is 14.8 Å². The van der Waals surface area contributed by atoms with Crippen molar-refractivity contribution >= 4 is 33.4 Å². The van der Waals surface area contributed by atoms with Crippen LogP contribution in [-0.4, -0.2) is 54.6 Å². The Bertz CT molecular complexity index is 742. The lowest BCUT2D eigenvalue weighted by Crippen LogP contribution is -2.47. The number of carboxylic acid groups (broad SMARTS) is 1. The number of ether oxygens (including phenoxy) is 1. The third-order valence-corrected chi connectivity index (χ3v) is 6.59. The summed E-state index contributed by atoms with van der Waals surface area (Å²) in [6.07, 6.45) is 0.343. The van der Waals surface area contributed by atoms with Gasteiger partial charge >= 0.3 is 12.1 Å². The highest BCUT2D eigenvalue weighted by atomic mass is 32.2. The number of carboxylic acids is 1. The van der Waals surface area contributed by atoms with Gasteiger partial charge in [0.1, 0.15) is 15.4 Å². The topological polar surface area (TPSA) is 113 Å². The summed E-state index contributed by atoms with van der Waals surface area (Å²) >= 11 is 0.884. The number of nitrogens with zero attached hydrogens (tertiary/aromatic N) is 1. The van der Waals surface area contributed by atoms with Gasteiger partial charge in [0.05, 0.1) is 0 Å². The molecule has 0 saturated carbocycles. The number of carbonyl (C=O) groups excluding carboxylic acids is 1. The Kier molecular flexibility index (Phi) is 5.75. The van der Waals surface area contributed by atoms with Crippen LogP contribution < -0.4 is 5.32 Å². The number of carbonyl (C=O) groups is 2. The Labute approximate surface area is 150 Å². The maximum absolute atomic E-state index is 12.6. The number of piperidine rings is 1. The third-order valence-electron chi connectivity index (χ3n) is 3.62. The van der Waals surface area contributed by atoms with Gasteiger partial charge in [-0.05, 0) is 45.1 Å². The fraction of sp³-hybridized carbons (Fsp3) is 0.600. The second-order valence-corrected chi connectivity index (χ2v) is 9.57. The van der Waals surface area contributed by atoms with Crippen LogP contribution in [0.2, 0.25) is 0 Å². The Morgan fingerprint density at radius 3 is 2.44 bits per heavy atom. The molecule has 0 radical (unpaired) electrons. The Morgan fingerprint density at radius 2 is 1.92 bits per heavy atom. The number of amides is 1. The van der Waals surface area contributed by atoms with Crippen molar-refractivity contribution in [1.29, 1.82) is 0 Å². The van der Waals surface area contributed by atoms with E-state index in [1.807, 2.05) is 0 Å². The second-order valence-electron chi connectivity index (χ2n) is 6.74. The molecule has 8 nitrogen and oxygen atoms in total. The molecule has 25 heavy (non-hydrogen) atoms. The van der Waals surface area contributed by atoms with Crippen molar-refractivity contribution in [3.8, 4) is 0 Å². The van der Waals surface area contributed by atoms with E-state index in [0.29, 0.717) is 12.8 Å². The molecule has 10 heteroatoms. The first-order valence-electron chi connectivity index (χ1n) is 7.81. The standard InChI is InChI=1S/C15H22N2O6S2/c1-15(2,3)23-14(20)16-10-4-7-17(8-5-10)25(21,22)11-6-9-24-12(11)13(18)19/h6,9-10H,4-5,7-8H2,1-3H3,(H,16,20)(H,18,19). The van der Waals surface area contributed by atoms with Crippen LogP contribution in [0, 0.1) is 0 Å². The maximum atomic E-state index is 12.6. The normalized spacial score (nSPS) is 17.2. The molecule has 0 atom stereocenters. The van der Waals surface area contributed by atoms with Gasteiger partial charge in [-0.15, -0.1) is 11.3 Å². The average Bonchev–Trinajstić information content (AvgIpc) is 2.96. The van der Waals surface area contributed by atoms with Crippen molar-refractivity contribution in [2.24, 2.45) is 0 Å². The largest absolute Gasteiger partial charge is 0.477 e. The molecule has 1 aliphatic heterocycles. The van der Waals surface area contributed by atoms with E-state index in [-0.39, 0.29) is 28.9 Å². The number of thiophene rings is 1. The first kappa shape index (κ1) is 19.7. The Balaban J connectivity index is 1.98.